The summed E-state index contributed by atoms with van der Waals surface area (Å²) in [7, 11) is 0. The van der Waals surface area contributed by atoms with Crippen LogP contribution in [0, 0.1) is 19.3 Å². The van der Waals surface area contributed by atoms with Crippen LogP contribution < -0.4 is 0 Å². The van der Waals surface area contributed by atoms with Crippen LogP contribution in [0.25, 0.3) is 0 Å². The van der Waals surface area contributed by atoms with Gasteiger partial charge in [0.2, 0.25) is 0 Å². The van der Waals surface area contributed by atoms with Gasteiger partial charge in [0.15, 0.2) is 5.41 Å². The molecule has 0 bridgehead atoms. The summed E-state index contributed by atoms with van der Waals surface area (Å²) in [5.74, 6) is 0.372. The van der Waals surface area contributed by atoms with E-state index >= 15 is 0 Å². The van der Waals surface area contributed by atoms with Crippen LogP contribution in [-0.2, 0) is 19.7 Å². The Labute approximate surface area is 118 Å². The number of carbonyl (C=O) groups is 2. The van der Waals surface area contributed by atoms with E-state index in [9.17, 15) is 14.7 Å². The number of terminal acetylenes is 1. The van der Waals surface area contributed by atoms with Gasteiger partial charge in [-0.2, -0.15) is 0 Å². The molecule has 0 aliphatic heterocycles. The highest BCUT2D eigenvalue weighted by atomic mass is 16.5. The third-order valence-electron chi connectivity index (χ3n) is 3.18. The maximum absolute atomic E-state index is 12.2. The van der Waals surface area contributed by atoms with Gasteiger partial charge in [-0.25, -0.2) is 0 Å². The number of carboxylic acids is 1. The summed E-state index contributed by atoms with van der Waals surface area (Å²) in [6.07, 6.45) is 5.41. The smallest absolute Gasteiger partial charge is 0.328 e. The van der Waals surface area contributed by atoms with Crippen molar-refractivity contribution in [2.24, 2.45) is 0 Å². The molecule has 0 aliphatic carbocycles. The maximum Gasteiger partial charge on any atom is 0.328 e. The quantitative estimate of drug-likeness (QED) is 0.491. The molecule has 1 aromatic rings. The van der Waals surface area contributed by atoms with Crippen LogP contribution in [0.3, 0.4) is 0 Å². The van der Waals surface area contributed by atoms with Crippen LogP contribution in [0.4, 0.5) is 0 Å². The molecule has 4 nitrogen and oxygen atoms in total. The lowest BCUT2D eigenvalue weighted by Crippen LogP contribution is -2.45. The first-order chi connectivity index (χ1) is 9.48. The van der Waals surface area contributed by atoms with Gasteiger partial charge >= 0.3 is 11.9 Å². The van der Waals surface area contributed by atoms with Crippen molar-refractivity contribution in [2.75, 3.05) is 6.61 Å². The predicted molar refractivity (Wildman–Crippen MR) is 75.2 cm³/mol. The minimum Gasteiger partial charge on any atom is -0.480 e. The number of esters is 1. The second kappa shape index (κ2) is 6.76. The van der Waals surface area contributed by atoms with Gasteiger partial charge in [0.05, 0.1) is 6.61 Å². The Morgan fingerprint density at radius 2 is 1.95 bits per heavy atom. The van der Waals surface area contributed by atoms with Crippen molar-refractivity contribution >= 4 is 11.9 Å². The molecule has 1 N–H and O–H groups in total. The van der Waals surface area contributed by atoms with Gasteiger partial charge in [-0.1, -0.05) is 29.8 Å². The monoisotopic (exact) mass is 274 g/mol. The molecule has 0 saturated carbocycles. The van der Waals surface area contributed by atoms with Crippen molar-refractivity contribution in [2.45, 2.75) is 32.1 Å². The van der Waals surface area contributed by atoms with Gasteiger partial charge in [0.1, 0.15) is 0 Å². The number of rotatable bonds is 6. The largest absolute Gasteiger partial charge is 0.480 e. The number of ether oxygens (including phenoxy) is 1. The summed E-state index contributed by atoms with van der Waals surface area (Å²) < 4.78 is 4.96. The molecule has 1 unspecified atom stereocenters. The molecule has 0 spiro atoms. The molecule has 0 radical (unpaired) electrons. The van der Waals surface area contributed by atoms with Crippen LogP contribution in [0.1, 0.15) is 30.9 Å². The molecule has 20 heavy (non-hydrogen) atoms. The molecule has 106 valence electrons. The minimum absolute atomic E-state index is 0.0146. The second-order valence-corrected chi connectivity index (χ2v) is 4.50. The lowest BCUT2D eigenvalue weighted by atomic mass is 9.76. The molecule has 0 aliphatic rings. The van der Waals surface area contributed by atoms with Gasteiger partial charge in [-0.05, 0) is 25.8 Å². The number of aryl methyl sites for hydroxylation is 1. The first-order valence-electron chi connectivity index (χ1n) is 6.40. The average Bonchev–Trinajstić information content (AvgIpc) is 2.41. The fourth-order valence-electron chi connectivity index (χ4n) is 2.03. The lowest BCUT2D eigenvalue weighted by molar-refractivity contribution is -0.162. The Kier molecular flexibility index (Phi) is 5.33. The summed E-state index contributed by atoms with van der Waals surface area (Å²) >= 11 is 0. The van der Waals surface area contributed by atoms with Crippen LogP contribution in [0.15, 0.2) is 24.3 Å². The Bertz CT molecular complexity index is 524. The zero-order valence-corrected chi connectivity index (χ0v) is 11.7. The number of carboxylic acid groups (broad SMARTS) is 1. The Morgan fingerprint density at radius 1 is 1.35 bits per heavy atom. The van der Waals surface area contributed by atoms with E-state index < -0.39 is 17.4 Å². The summed E-state index contributed by atoms with van der Waals surface area (Å²) in [6, 6.07) is 6.80. The van der Waals surface area contributed by atoms with Crippen LogP contribution >= 0.6 is 0 Å². The van der Waals surface area contributed by atoms with Crippen molar-refractivity contribution in [1.29, 1.82) is 0 Å². The normalized spacial score (nSPS) is 13.1. The zero-order valence-electron chi connectivity index (χ0n) is 11.7. The van der Waals surface area contributed by atoms with E-state index in [4.69, 9.17) is 11.2 Å². The molecule has 0 heterocycles. The van der Waals surface area contributed by atoms with Gasteiger partial charge < -0.3 is 9.84 Å². The summed E-state index contributed by atoms with van der Waals surface area (Å²) in [5.41, 5.74) is -0.367. The molecular formula is C16H18O4. The number of carbonyl (C=O) groups excluding carboxylic acids is 1. The molecule has 0 fully saturated rings. The Morgan fingerprint density at radius 3 is 2.40 bits per heavy atom. The van der Waals surface area contributed by atoms with Crippen LogP contribution in [0.5, 0.6) is 0 Å². The first-order valence-corrected chi connectivity index (χ1v) is 6.40. The minimum atomic E-state index is -1.74. The van der Waals surface area contributed by atoms with E-state index in [1.165, 1.54) is 0 Å². The van der Waals surface area contributed by atoms with Gasteiger partial charge in [0.25, 0.3) is 0 Å². The molecule has 4 heteroatoms. The van der Waals surface area contributed by atoms with Crippen LogP contribution in [-0.4, -0.2) is 23.7 Å². The van der Waals surface area contributed by atoms with Crippen molar-refractivity contribution in [3.05, 3.63) is 35.4 Å². The Hall–Kier alpha value is -2.28. The average molecular weight is 274 g/mol. The number of aliphatic carboxylic acids is 1. The Balaban J connectivity index is 3.36. The van der Waals surface area contributed by atoms with E-state index in [0.717, 1.165) is 5.56 Å². The molecule has 0 saturated heterocycles. The van der Waals surface area contributed by atoms with E-state index in [0.29, 0.717) is 5.56 Å². The highest BCUT2D eigenvalue weighted by molar-refractivity contribution is 6.05. The van der Waals surface area contributed by atoms with E-state index in [-0.39, 0.29) is 19.4 Å². The first kappa shape index (κ1) is 15.8. The fourth-order valence-corrected chi connectivity index (χ4v) is 2.03. The molecule has 0 amide bonds. The third kappa shape index (κ3) is 3.00. The van der Waals surface area contributed by atoms with Gasteiger partial charge in [0, 0.05) is 6.42 Å². The summed E-state index contributed by atoms with van der Waals surface area (Å²) in [5, 5.41) is 9.60. The van der Waals surface area contributed by atoms with Crippen LogP contribution in [0.2, 0.25) is 0 Å². The standard InChI is InChI=1S/C16H18O4/c1-4-6-11-16(14(17)18,15(19)20-5-2)13-9-7-12(3)8-10-13/h1,7-10H,5-6,11H2,2-3H3,(H,17,18). The second-order valence-electron chi connectivity index (χ2n) is 4.50. The van der Waals surface area contributed by atoms with Gasteiger partial charge in [-0.3, -0.25) is 9.59 Å². The summed E-state index contributed by atoms with van der Waals surface area (Å²) in [6.45, 7) is 3.65. The fraction of sp³-hybridized carbons (Fsp3) is 0.375. The predicted octanol–water partition coefficient (Wildman–Crippen LogP) is 2.29. The van der Waals surface area contributed by atoms with E-state index in [2.05, 4.69) is 5.92 Å². The van der Waals surface area contributed by atoms with Crippen molar-refractivity contribution in [3.8, 4) is 12.3 Å². The zero-order chi connectivity index (χ0) is 15.2. The number of benzene rings is 1. The highest BCUT2D eigenvalue weighted by Crippen LogP contribution is 2.32. The third-order valence-corrected chi connectivity index (χ3v) is 3.18. The van der Waals surface area contributed by atoms with Crippen molar-refractivity contribution < 1.29 is 19.4 Å². The molecule has 1 rings (SSSR count). The van der Waals surface area contributed by atoms with Gasteiger partial charge in [-0.15, -0.1) is 12.3 Å². The SMILES string of the molecule is C#CCCC(C(=O)O)(C(=O)OCC)c1ccc(C)cc1. The van der Waals surface area contributed by atoms with E-state index in [1.54, 1.807) is 31.2 Å². The lowest BCUT2D eigenvalue weighted by Gasteiger charge is -2.27. The molecule has 1 aromatic carbocycles. The number of hydrogen-bond acceptors (Lipinski definition) is 3. The summed E-state index contributed by atoms with van der Waals surface area (Å²) in [4.78, 5) is 24.0. The van der Waals surface area contributed by atoms with Crippen molar-refractivity contribution in [3.63, 3.8) is 0 Å². The highest BCUT2D eigenvalue weighted by Gasteiger charge is 2.48. The maximum atomic E-state index is 12.2. The molecule has 1 atom stereocenters. The topological polar surface area (TPSA) is 63.6 Å². The molecule has 0 aromatic heterocycles. The number of hydrogen-bond donors (Lipinski definition) is 1. The van der Waals surface area contributed by atoms with E-state index in [1.807, 2.05) is 6.92 Å². The molecular weight excluding hydrogens is 256 g/mol. The van der Waals surface area contributed by atoms with Crippen molar-refractivity contribution in [1.82, 2.24) is 0 Å².